The van der Waals surface area contributed by atoms with Crippen molar-refractivity contribution < 1.29 is 14.2 Å². The molecule has 0 amide bonds. The molecule has 0 spiro atoms. The van der Waals surface area contributed by atoms with Crippen molar-refractivity contribution >= 4 is 10.9 Å². The highest BCUT2D eigenvalue weighted by Gasteiger charge is 2.22. The average molecular weight is 443 g/mol. The van der Waals surface area contributed by atoms with Gasteiger partial charge in [-0.15, -0.1) is 5.10 Å². The first-order chi connectivity index (χ1) is 15.7. The van der Waals surface area contributed by atoms with E-state index in [0.717, 1.165) is 41.9 Å². The molecule has 4 rings (SSSR count). The monoisotopic (exact) mass is 442 g/mol. The highest BCUT2D eigenvalue weighted by Crippen LogP contribution is 2.21. The molecule has 0 unspecified atom stereocenters. The lowest BCUT2D eigenvalue weighted by atomic mass is 10.1. The number of benzene rings is 1. The lowest BCUT2D eigenvalue weighted by molar-refractivity contribution is 0.0660. The number of H-pyrrole nitrogens is 1. The maximum absolute atomic E-state index is 12.8. The Morgan fingerprint density at radius 1 is 1.31 bits per heavy atom. The quantitative estimate of drug-likeness (QED) is 0.479. The lowest BCUT2D eigenvalue weighted by Gasteiger charge is -2.24. The zero-order valence-electron chi connectivity index (χ0n) is 18.6. The van der Waals surface area contributed by atoms with Crippen LogP contribution < -0.4 is 10.3 Å². The van der Waals surface area contributed by atoms with Crippen LogP contribution in [0.25, 0.3) is 10.9 Å². The normalized spacial score (nSPS) is 16.3. The third-order valence-corrected chi connectivity index (χ3v) is 5.56. The number of aromatic amines is 1. The van der Waals surface area contributed by atoms with Gasteiger partial charge in [-0.1, -0.05) is 0 Å². The van der Waals surface area contributed by atoms with Crippen molar-refractivity contribution in [1.82, 2.24) is 30.1 Å². The topological polar surface area (TPSA) is 107 Å². The van der Waals surface area contributed by atoms with Crippen LogP contribution in [0.2, 0.25) is 0 Å². The molecule has 172 valence electrons. The Balaban J connectivity index is 1.58. The maximum atomic E-state index is 12.8. The van der Waals surface area contributed by atoms with E-state index in [1.165, 1.54) is 0 Å². The first kappa shape index (κ1) is 22.4. The molecular weight excluding hydrogens is 412 g/mol. The molecule has 10 nitrogen and oxygen atoms in total. The van der Waals surface area contributed by atoms with Crippen molar-refractivity contribution in [3.05, 3.63) is 46.0 Å². The van der Waals surface area contributed by atoms with Crippen LogP contribution in [0.4, 0.5) is 0 Å². The summed E-state index contributed by atoms with van der Waals surface area (Å²) in [5, 5.41) is 13.0. The summed E-state index contributed by atoms with van der Waals surface area (Å²) in [5.74, 6) is 1.52. The van der Waals surface area contributed by atoms with E-state index in [0.29, 0.717) is 45.0 Å². The molecule has 1 N–H and O–H groups in total. The van der Waals surface area contributed by atoms with Gasteiger partial charge in [-0.2, -0.15) is 0 Å². The summed E-state index contributed by atoms with van der Waals surface area (Å²) >= 11 is 0. The summed E-state index contributed by atoms with van der Waals surface area (Å²) in [6.07, 6.45) is 2.21. The standard InChI is InChI=1S/C22H30N6O4/c1-3-31-18-6-7-20-16(12-18)11-17(22(29)23-20)13-27(14-19-5-4-9-32-19)15-21-24-25-26-28(21)8-10-30-2/h6-7,11-12,19H,3-5,8-10,13-15H2,1-2H3,(H,23,29)/t19-/m1/s1. The number of rotatable bonds is 11. The molecule has 0 radical (unpaired) electrons. The van der Waals surface area contributed by atoms with Crippen LogP contribution in [0.15, 0.2) is 29.1 Å². The number of hydrogen-bond donors (Lipinski definition) is 1. The van der Waals surface area contributed by atoms with Crippen LogP contribution in [0.5, 0.6) is 5.75 Å². The van der Waals surface area contributed by atoms with E-state index in [9.17, 15) is 4.79 Å². The molecule has 0 bridgehead atoms. The Morgan fingerprint density at radius 2 is 2.22 bits per heavy atom. The minimum atomic E-state index is -0.0991. The molecule has 1 fully saturated rings. The van der Waals surface area contributed by atoms with Crippen molar-refractivity contribution in [2.75, 3.05) is 33.5 Å². The Bertz CT molecular complexity index is 1080. The fraction of sp³-hybridized carbons (Fsp3) is 0.545. The van der Waals surface area contributed by atoms with E-state index in [1.807, 2.05) is 31.2 Å². The van der Waals surface area contributed by atoms with Crippen LogP contribution in [-0.2, 0) is 29.1 Å². The third kappa shape index (κ3) is 5.50. The average Bonchev–Trinajstić information content (AvgIpc) is 3.45. The van der Waals surface area contributed by atoms with Gasteiger partial charge in [0, 0.05) is 43.3 Å². The van der Waals surface area contributed by atoms with Crippen LogP contribution in [-0.4, -0.2) is 69.7 Å². The maximum Gasteiger partial charge on any atom is 0.252 e. The summed E-state index contributed by atoms with van der Waals surface area (Å²) in [4.78, 5) is 18.0. The van der Waals surface area contributed by atoms with Crippen LogP contribution in [0, 0.1) is 0 Å². The predicted octanol–water partition coefficient (Wildman–Crippen LogP) is 1.74. The van der Waals surface area contributed by atoms with Gasteiger partial charge in [0.1, 0.15) is 5.75 Å². The fourth-order valence-electron chi connectivity index (χ4n) is 3.99. The molecule has 10 heteroatoms. The number of fused-ring (bicyclic) bond motifs is 1. The molecule has 1 aliphatic rings. The minimum absolute atomic E-state index is 0.0991. The lowest BCUT2D eigenvalue weighted by Crippen LogP contribution is -2.34. The minimum Gasteiger partial charge on any atom is -0.494 e. The molecule has 0 aliphatic carbocycles. The molecule has 3 aromatic rings. The smallest absolute Gasteiger partial charge is 0.252 e. The van der Waals surface area contributed by atoms with E-state index in [-0.39, 0.29) is 11.7 Å². The zero-order valence-corrected chi connectivity index (χ0v) is 18.6. The van der Waals surface area contributed by atoms with E-state index < -0.39 is 0 Å². The molecule has 32 heavy (non-hydrogen) atoms. The largest absolute Gasteiger partial charge is 0.494 e. The second-order valence-electron chi connectivity index (χ2n) is 7.92. The van der Waals surface area contributed by atoms with Crippen LogP contribution >= 0.6 is 0 Å². The van der Waals surface area contributed by atoms with Gasteiger partial charge < -0.3 is 19.2 Å². The van der Waals surface area contributed by atoms with E-state index in [4.69, 9.17) is 14.2 Å². The fourth-order valence-corrected chi connectivity index (χ4v) is 3.99. The van der Waals surface area contributed by atoms with Gasteiger partial charge in [-0.3, -0.25) is 9.69 Å². The van der Waals surface area contributed by atoms with Crippen molar-refractivity contribution in [3.8, 4) is 5.75 Å². The van der Waals surface area contributed by atoms with Gasteiger partial charge in [-0.05, 0) is 54.5 Å². The number of aromatic nitrogens is 5. The molecular formula is C22H30N6O4. The molecule has 0 saturated carbocycles. The Kier molecular flexibility index (Phi) is 7.46. The predicted molar refractivity (Wildman–Crippen MR) is 119 cm³/mol. The number of nitrogens with zero attached hydrogens (tertiary/aromatic N) is 5. The summed E-state index contributed by atoms with van der Waals surface area (Å²) in [7, 11) is 1.65. The summed E-state index contributed by atoms with van der Waals surface area (Å²) in [6.45, 7) is 6.09. The van der Waals surface area contributed by atoms with Crippen molar-refractivity contribution in [1.29, 1.82) is 0 Å². The SMILES string of the molecule is CCOc1ccc2[nH]c(=O)c(CN(Cc3nnnn3CCOC)C[C@H]3CCCO3)cc2c1. The second kappa shape index (κ2) is 10.7. The zero-order chi connectivity index (χ0) is 22.3. The van der Waals surface area contributed by atoms with E-state index in [1.54, 1.807) is 11.8 Å². The molecule has 2 aromatic heterocycles. The van der Waals surface area contributed by atoms with Gasteiger partial charge >= 0.3 is 0 Å². The number of methoxy groups -OCH3 is 1. The third-order valence-electron chi connectivity index (χ3n) is 5.56. The number of tetrazole rings is 1. The van der Waals surface area contributed by atoms with Gasteiger partial charge in [0.05, 0.1) is 32.4 Å². The number of nitrogens with one attached hydrogen (secondary N) is 1. The van der Waals surface area contributed by atoms with Crippen LogP contribution in [0.3, 0.4) is 0 Å². The molecule has 3 heterocycles. The van der Waals surface area contributed by atoms with E-state index in [2.05, 4.69) is 25.4 Å². The highest BCUT2D eigenvalue weighted by molar-refractivity contribution is 5.80. The number of hydrogen-bond acceptors (Lipinski definition) is 8. The molecule has 1 aromatic carbocycles. The summed E-state index contributed by atoms with van der Waals surface area (Å²) in [5.41, 5.74) is 1.37. The van der Waals surface area contributed by atoms with Gasteiger partial charge in [-0.25, -0.2) is 4.68 Å². The van der Waals surface area contributed by atoms with Crippen molar-refractivity contribution in [2.24, 2.45) is 0 Å². The molecule has 1 atom stereocenters. The van der Waals surface area contributed by atoms with Crippen molar-refractivity contribution in [3.63, 3.8) is 0 Å². The van der Waals surface area contributed by atoms with Crippen molar-refractivity contribution in [2.45, 2.75) is 45.5 Å². The Labute approximate surface area is 186 Å². The highest BCUT2D eigenvalue weighted by atomic mass is 16.5. The number of ether oxygens (including phenoxy) is 3. The van der Waals surface area contributed by atoms with Gasteiger partial charge in [0.25, 0.3) is 5.56 Å². The van der Waals surface area contributed by atoms with Crippen LogP contribution in [0.1, 0.15) is 31.2 Å². The number of pyridine rings is 1. The first-order valence-electron chi connectivity index (χ1n) is 11.0. The van der Waals surface area contributed by atoms with E-state index >= 15 is 0 Å². The summed E-state index contributed by atoms with van der Waals surface area (Å²) in [6, 6.07) is 7.63. The Morgan fingerprint density at radius 3 is 3.00 bits per heavy atom. The Hall–Kier alpha value is -2.82. The van der Waals surface area contributed by atoms with Gasteiger partial charge in [0.2, 0.25) is 0 Å². The molecule has 1 saturated heterocycles. The van der Waals surface area contributed by atoms with Gasteiger partial charge in [0.15, 0.2) is 5.82 Å². The molecule has 1 aliphatic heterocycles. The second-order valence-corrected chi connectivity index (χ2v) is 7.92. The first-order valence-corrected chi connectivity index (χ1v) is 11.0. The summed E-state index contributed by atoms with van der Waals surface area (Å²) < 4.78 is 18.4.